The van der Waals surface area contributed by atoms with Crippen molar-refractivity contribution in [2.75, 3.05) is 13.2 Å². The summed E-state index contributed by atoms with van der Waals surface area (Å²) in [6.07, 6.45) is 0.0682. The molecule has 6 nitrogen and oxygen atoms in total. The van der Waals surface area contributed by atoms with Crippen molar-refractivity contribution >= 4 is 32.1 Å². The molecule has 0 rings (SSSR count). The Balaban J connectivity index is 3.93. The van der Waals surface area contributed by atoms with Crippen molar-refractivity contribution in [2.24, 2.45) is 0 Å². The van der Waals surface area contributed by atoms with Gasteiger partial charge >= 0.3 is 5.97 Å². The smallest absolute Gasteiger partial charge is 0.335 e. The number of hydrogen-bond donors (Lipinski definition) is 1. The van der Waals surface area contributed by atoms with E-state index in [1.807, 2.05) is 0 Å². The summed E-state index contributed by atoms with van der Waals surface area (Å²) >= 11 is 0. The van der Waals surface area contributed by atoms with E-state index >= 15 is 0 Å². The third-order valence-electron chi connectivity index (χ3n) is 3.05. The van der Waals surface area contributed by atoms with Crippen molar-refractivity contribution in [3.63, 3.8) is 0 Å². The maximum Gasteiger partial charge on any atom is 0.335 e. The first-order valence-corrected chi connectivity index (χ1v) is 17.9. The quantitative estimate of drug-likeness (QED) is 0.153. The van der Waals surface area contributed by atoms with Gasteiger partial charge in [0.05, 0.1) is 16.1 Å². The third-order valence-corrected chi connectivity index (χ3v) is 7.37. The molecule has 0 saturated heterocycles. The van der Waals surface area contributed by atoms with E-state index in [0.29, 0.717) is 13.2 Å². The standard InChI is InChI=1S/C17H38O6Si3/c1-14(2)16(19)21-15(18)10-12-20-11-9-13-24-17(22-25(3,4)5)23-26(6,7)8/h15,17-18H,1,9-13,24H2,2-8H3. The highest BCUT2D eigenvalue weighted by molar-refractivity contribution is 6.71. The third kappa shape index (κ3) is 15.9. The Morgan fingerprint density at radius 2 is 1.62 bits per heavy atom. The highest BCUT2D eigenvalue weighted by Gasteiger charge is 2.26. The number of carbonyl (C=O) groups excluding carboxylic acids is 1. The summed E-state index contributed by atoms with van der Waals surface area (Å²) in [6, 6.07) is 1.09. The van der Waals surface area contributed by atoms with Gasteiger partial charge in [-0.3, -0.25) is 0 Å². The Bertz CT molecular complexity index is 415. The van der Waals surface area contributed by atoms with Crippen molar-refractivity contribution in [3.05, 3.63) is 12.2 Å². The van der Waals surface area contributed by atoms with E-state index in [2.05, 4.69) is 45.9 Å². The van der Waals surface area contributed by atoms with Crippen LogP contribution in [0.2, 0.25) is 45.3 Å². The molecule has 0 aromatic rings. The lowest BCUT2D eigenvalue weighted by atomic mass is 10.3. The molecule has 0 radical (unpaired) electrons. The van der Waals surface area contributed by atoms with Crippen LogP contribution in [0.5, 0.6) is 0 Å². The number of carbonyl (C=O) groups is 1. The monoisotopic (exact) mass is 422 g/mol. The molecule has 1 N–H and O–H groups in total. The van der Waals surface area contributed by atoms with Crippen LogP contribution in [-0.4, -0.2) is 62.6 Å². The molecule has 0 aromatic carbocycles. The van der Waals surface area contributed by atoms with Crippen LogP contribution in [0.1, 0.15) is 19.8 Å². The summed E-state index contributed by atoms with van der Waals surface area (Å²) in [4.78, 5) is 11.3. The van der Waals surface area contributed by atoms with Crippen LogP contribution < -0.4 is 0 Å². The lowest BCUT2D eigenvalue weighted by Crippen LogP contribution is -2.43. The normalized spacial score (nSPS) is 14.2. The van der Waals surface area contributed by atoms with E-state index in [-0.39, 0.29) is 17.9 Å². The van der Waals surface area contributed by atoms with Crippen molar-refractivity contribution in [1.29, 1.82) is 0 Å². The molecule has 9 heteroatoms. The van der Waals surface area contributed by atoms with Crippen LogP contribution in [0.3, 0.4) is 0 Å². The molecule has 0 spiro atoms. The van der Waals surface area contributed by atoms with Gasteiger partial charge in [-0.25, -0.2) is 4.79 Å². The summed E-state index contributed by atoms with van der Waals surface area (Å²) < 4.78 is 22.7. The van der Waals surface area contributed by atoms with Gasteiger partial charge in [-0.2, -0.15) is 0 Å². The van der Waals surface area contributed by atoms with Gasteiger partial charge in [-0.15, -0.1) is 0 Å². The van der Waals surface area contributed by atoms with Crippen molar-refractivity contribution < 1.29 is 28.2 Å². The molecule has 0 aliphatic heterocycles. The molecule has 1 unspecified atom stereocenters. The van der Waals surface area contributed by atoms with E-state index in [1.165, 1.54) is 0 Å². The fourth-order valence-electron chi connectivity index (χ4n) is 2.01. The Morgan fingerprint density at radius 1 is 1.08 bits per heavy atom. The zero-order valence-electron chi connectivity index (χ0n) is 17.6. The second kappa shape index (κ2) is 12.2. The topological polar surface area (TPSA) is 74.2 Å². The molecule has 0 amide bonds. The van der Waals surface area contributed by atoms with E-state index in [1.54, 1.807) is 6.92 Å². The summed E-state index contributed by atoms with van der Waals surface area (Å²) in [6.45, 7) is 19.1. The Labute approximate surface area is 163 Å². The zero-order chi connectivity index (χ0) is 20.4. The molecular weight excluding hydrogens is 384 g/mol. The van der Waals surface area contributed by atoms with Crippen molar-refractivity contribution in [2.45, 2.75) is 77.3 Å². The predicted molar refractivity (Wildman–Crippen MR) is 113 cm³/mol. The molecule has 0 bridgehead atoms. The number of ether oxygens (including phenoxy) is 2. The molecule has 1 atom stereocenters. The van der Waals surface area contributed by atoms with Gasteiger partial charge in [-0.05, 0) is 52.6 Å². The number of esters is 1. The molecule has 154 valence electrons. The Hall–Kier alpha value is -0.299. The fourth-order valence-corrected chi connectivity index (χ4v) is 8.55. The number of aliphatic hydroxyl groups excluding tert-OH is 1. The van der Waals surface area contributed by atoms with Gasteiger partial charge in [0.2, 0.25) is 6.29 Å². The Kier molecular flexibility index (Phi) is 12.1. The van der Waals surface area contributed by atoms with E-state index in [4.69, 9.17) is 18.3 Å². The first kappa shape index (κ1) is 25.7. The largest absolute Gasteiger partial charge is 0.433 e. The molecular formula is C17H38O6Si3. The van der Waals surface area contributed by atoms with Gasteiger partial charge in [0.25, 0.3) is 0 Å². The molecule has 0 aliphatic carbocycles. The van der Waals surface area contributed by atoms with Gasteiger partial charge in [0.1, 0.15) is 5.91 Å². The molecule has 0 heterocycles. The summed E-state index contributed by atoms with van der Waals surface area (Å²) in [5.74, 6) is -0.573. The summed E-state index contributed by atoms with van der Waals surface area (Å²) in [5.41, 5.74) is 0.269. The lowest BCUT2D eigenvalue weighted by Gasteiger charge is -2.31. The minimum Gasteiger partial charge on any atom is -0.433 e. The summed E-state index contributed by atoms with van der Waals surface area (Å²) in [7, 11) is -3.71. The first-order chi connectivity index (χ1) is 11.8. The lowest BCUT2D eigenvalue weighted by molar-refractivity contribution is -0.165. The van der Waals surface area contributed by atoms with Gasteiger partial charge in [0, 0.05) is 18.6 Å². The molecule has 0 saturated carbocycles. The van der Waals surface area contributed by atoms with Crippen LogP contribution in [-0.2, 0) is 23.1 Å². The molecule has 0 aliphatic rings. The maximum atomic E-state index is 11.3. The van der Waals surface area contributed by atoms with E-state index in [9.17, 15) is 9.90 Å². The minimum atomic E-state index is -1.61. The van der Waals surface area contributed by atoms with Crippen LogP contribution in [0.15, 0.2) is 12.2 Å². The average molecular weight is 423 g/mol. The molecule has 0 aromatic heterocycles. The number of hydrogen-bond acceptors (Lipinski definition) is 6. The van der Waals surface area contributed by atoms with Crippen LogP contribution in [0.25, 0.3) is 0 Å². The Morgan fingerprint density at radius 3 is 2.08 bits per heavy atom. The molecule has 0 fully saturated rings. The highest BCUT2D eigenvalue weighted by atomic mass is 28.4. The minimum absolute atomic E-state index is 0.0108. The van der Waals surface area contributed by atoms with Gasteiger partial charge in [0.15, 0.2) is 16.6 Å². The number of rotatable bonds is 14. The van der Waals surface area contributed by atoms with Crippen LogP contribution >= 0.6 is 0 Å². The van der Waals surface area contributed by atoms with Gasteiger partial charge in [-0.1, -0.05) is 12.6 Å². The second-order valence-corrected chi connectivity index (χ2v) is 19.3. The molecule has 26 heavy (non-hydrogen) atoms. The van der Waals surface area contributed by atoms with E-state index < -0.39 is 38.4 Å². The van der Waals surface area contributed by atoms with Crippen molar-refractivity contribution in [1.82, 2.24) is 0 Å². The fraction of sp³-hybridized carbons (Fsp3) is 0.824. The second-order valence-electron chi connectivity index (χ2n) is 8.43. The predicted octanol–water partition coefficient (Wildman–Crippen LogP) is 2.79. The van der Waals surface area contributed by atoms with E-state index in [0.717, 1.165) is 12.5 Å². The van der Waals surface area contributed by atoms with Crippen LogP contribution in [0.4, 0.5) is 0 Å². The maximum absolute atomic E-state index is 11.3. The SMILES string of the molecule is C=C(C)C(=O)OC(O)CCOCCC[SiH2]C(O[Si](C)(C)C)O[Si](C)(C)C. The average Bonchev–Trinajstić information content (AvgIpc) is 2.42. The van der Waals surface area contributed by atoms with Crippen molar-refractivity contribution in [3.8, 4) is 0 Å². The first-order valence-electron chi connectivity index (χ1n) is 9.28. The summed E-state index contributed by atoms with van der Waals surface area (Å²) in [5, 5.41) is 9.58. The highest BCUT2D eigenvalue weighted by Crippen LogP contribution is 2.14. The van der Waals surface area contributed by atoms with Gasteiger partial charge < -0.3 is 23.4 Å². The van der Waals surface area contributed by atoms with Crippen LogP contribution in [0, 0.1) is 0 Å². The number of aliphatic hydroxyl groups is 1. The zero-order valence-corrected chi connectivity index (χ0v) is 21.0.